The number of nitrogens with two attached hydrogens (primary N) is 1. The monoisotopic (exact) mass is 198 g/mol. The summed E-state index contributed by atoms with van der Waals surface area (Å²) in [6.07, 6.45) is 0. The van der Waals surface area contributed by atoms with Crippen LogP contribution in [-0.2, 0) is 9.59 Å². The molecule has 0 aliphatic rings. The van der Waals surface area contributed by atoms with Crippen molar-refractivity contribution in [2.75, 3.05) is 6.54 Å². The van der Waals surface area contributed by atoms with Gasteiger partial charge in [0.1, 0.15) is 6.54 Å². The van der Waals surface area contributed by atoms with Crippen LogP contribution < -0.4 is 5.73 Å². The zero-order chi connectivity index (χ0) is 11.5. The Balaban J connectivity index is 4.82. The van der Waals surface area contributed by atoms with Gasteiger partial charge in [0, 0.05) is 11.1 Å². The third-order valence-corrected chi connectivity index (χ3v) is 1.73. The summed E-state index contributed by atoms with van der Waals surface area (Å²) >= 11 is 0. The molecule has 0 rings (SSSR count). The van der Waals surface area contributed by atoms with Gasteiger partial charge in [-0.1, -0.05) is 6.58 Å². The molecule has 0 heterocycles. The van der Waals surface area contributed by atoms with Crippen LogP contribution in [0.3, 0.4) is 0 Å². The minimum Gasteiger partial charge on any atom is -0.368 e. The Kier molecular flexibility index (Phi) is 3.86. The molecule has 14 heavy (non-hydrogen) atoms. The van der Waals surface area contributed by atoms with Crippen molar-refractivity contribution >= 4 is 11.8 Å². The Labute approximate surface area is 84.8 Å². The molecule has 0 aliphatic heterocycles. The fourth-order valence-corrected chi connectivity index (χ4v) is 1.000. The maximum absolute atomic E-state index is 11.6. The van der Waals surface area contributed by atoms with E-state index in [4.69, 9.17) is 5.73 Å². The molecule has 0 saturated carbocycles. The summed E-state index contributed by atoms with van der Waals surface area (Å²) in [4.78, 5) is 23.8. The second-order valence-corrected chi connectivity index (χ2v) is 4.31. The first-order valence-electron chi connectivity index (χ1n) is 4.42. The third-order valence-electron chi connectivity index (χ3n) is 1.73. The molecule has 0 aromatic heterocycles. The van der Waals surface area contributed by atoms with E-state index in [-0.39, 0.29) is 12.5 Å². The van der Waals surface area contributed by atoms with Crippen LogP contribution in [0.25, 0.3) is 0 Å². The molecule has 2 amide bonds. The molecule has 0 atom stereocenters. The molecule has 80 valence electrons. The smallest absolute Gasteiger partial charge is 0.249 e. The van der Waals surface area contributed by atoms with E-state index in [0.717, 1.165) is 0 Å². The lowest BCUT2D eigenvalue weighted by molar-refractivity contribution is -0.136. The minimum atomic E-state index is -0.519. The molecule has 0 aromatic rings. The van der Waals surface area contributed by atoms with Crippen molar-refractivity contribution in [3.8, 4) is 0 Å². The molecular weight excluding hydrogens is 180 g/mol. The molecule has 0 fully saturated rings. The van der Waals surface area contributed by atoms with Crippen molar-refractivity contribution < 1.29 is 9.59 Å². The van der Waals surface area contributed by atoms with Gasteiger partial charge in [-0.25, -0.2) is 0 Å². The maximum atomic E-state index is 11.6. The van der Waals surface area contributed by atoms with Gasteiger partial charge in [-0.2, -0.15) is 0 Å². The molecular formula is C10H18N2O2. The van der Waals surface area contributed by atoms with Gasteiger partial charge in [0.25, 0.3) is 0 Å². The maximum Gasteiger partial charge on any atom is 0.249 e. The summed E-state index contributed by atoms with van der Waals surface area (Å²) in [5.74, 6) is -0.758. The first-order valence-corrected chi connectivity index (χ1v) is 4.42. The van der Waals surface area contributed by atoms with Crippen LogP contribution >= 0.6 is 0 Å². The first kappa shape index (κ1) is 12.7. The van der Waals surface area contributed by atoms with Crippen molar-refractivity contribution in [2.45, 2.75) is 33.2 Å². The van der Waals surface area contributed by atoms with Crippen molar-refractivity contribution in [1.82, 2.24) is 4.90 Å². The summed E-state index contributed by atoms with van der Waals surface area (Å²) in [6, 6.07) is 0. The molecule has 0 unspecified atom stereocenters. The summed E-state index contributed by atoms with van der Waals surface area (Å²) in [5.41, 5.74) is 5.04. The molecule has 2 N–H and O–H groups in total. The Bertz CT molecular complexity index is 264. The molecule has 4 nitrogen and oxygen atoms in total. The quantitative estimate of drug-likeness (QED) is 0.678. The lowest BCUT2D eigenvalue weighted by atomic mass is 10.0. The highest BCUT2D eigenvalue weighted by atomic mass is 16.2. The van der Waals surface area contributed by atoms with E-state index in [9.17, 15) is 9.59 Å². The Morgan fingerprint density at radius 1 is 1.36 bits per heavy atom. The van der Waals surface area contributed by atoms with Crippen LogP contribution in [-0.4, -0.2) is 28.8 Å². The van der Waals surface area contributed by atoms with Crippen LogP contribution in [0.2, 0.25) is 0 Å². The Morgan fingerprint density at radius 2 is 1.79 bits per heavy atom. The van der Waals surface area contributed by atoms with Gasteiger partial charge in [-0.3, -0.25) is 9.59 Å². The summed E-state index contributed by atoms with van der Waals surface area (Å²) in [5, 5.41) is 0. The standard InChI is InChI=1S/C10H18N2O2/c1-7(2)9(14)12(6-8(11)13)10(3,4)5/h1,6H2,2-5H3,(H2,11,13). The van der Waals surface area contributed by atoms with Gasteiger partial charge < -0.3 is 10.6 Å². The van der Waals surface area contributed by atoms with Gasteiger partial charge in [-0.15, -0.1) is 0 Å². The zero-order valence-corrected chi connectivity index (χ0v) is 9.26. The summed E-state index contributed by atoms with van der Waals surface area (Å²) < 4.78 is 0. The molecule has 0 bridgehead atoms. The van der Waals surface area contributed by atoms with Gasteiger partial charge in [-0.05, 0) is 27.7 Å². The van der Waals surface area contributed by atoms with Crippen LogP contribution in [0.4, 0.5) is 0 Å². The fourth-order valence-electron chi connectivity index (χ4n) is 1.000. The number of hydrogen-bond donors (Lipinski definition) is 1. The zero-order valence-electron chi connectivity index (χ0n) is 9.26. The summed E-state index contributed by atoms with van der Waals surface area (Å²) in [7, 11) is 0. The number of hydrogen-bond acceptors (Lipinski definition) is 2. The average Bonchev–Trinajstić information content (AvgIpc) is 1.96. The highest BCUT2D eigenvalue weighted by Crippen LogP contribution is 2.15. The number of primary amides is 1. The number of carbonyl (C=O) groups is 2. The van der Waals surface area contributed by atoms with E-state index >= 15 is 0 Å². The van der Waals surface area contributed by atoms with Crippen LogP contribution in [0.15, 0.2) is 12.2 Å². The van der Waals surface area contributed by atoms with Crippen molar-refractivity contribution in [1.29, 1.82) is 0 Å². The second-order valence-electron chi connectivity index (χ2n) is 4.31. The van der Waals surface area contributed by atoms with E-state index in [1.165, 1.54) is 4.90 Å². The normalized spacial score (nSPS) is 10.9. The van der Waals surface area contributed by atoms with E-state index in [2.05, 4.69) is 6.58 Å². The van der Waals surface area contributed by atoms with Gasteiger partial charge >= 0.3 is 0 Å². The highest BCUT2D eigenvalue weighted by Gasteiger charge is 2.27. The topological polar surface area (TPSA) is 63.4 Å². The number of rotatable bonds is 3. The molecule has 0 aliphatic carbocycles. The first-order chi connectivity index (χ1) is 6.16. The SMILES string of the molecule is C=C(C)C(=O)N(CC(N)=O)C(C)(C)C. The number of nitrogens with zero attached hydrogens (tertiary/aromatic N) is 1. The molecule has 0 radical (unpaired) electrons. The largest absolute Gasteiger partial charge is 0.368 e. The van der Waals surface area contributed by atoms with E-state index in [1.807, 2.05) is 20.8 Å². The van der Waals surface area contributed by atoms with E-state index in [0.29, 0.717) is 5.57 Å². The minimum absolute atomic E-state index is 0.0742. The predicted molar refractivity (Wildman–Crippen MR) is 55.5 cm³/mol. The van der Waals surface area contributed by atoms with Crippen molar-refractivity contribution in [3.05, 3.63) is 12.2 Å². The molecule has 0 aromatic carbocycles. The van der Waals surface area contributed by atoms with Gasteiger partial charge in [0.2, 0.25) is 11.8 Å². The lowest BCUT2D eigenvalue weighted by Crippen LogP contribution is -2.49. The van der Waals surface area contributed by atoms with Gasteiger partial charge in [0.05, 0.1) is 0 Å². The van der Waals surface area contributed by atoms with Crippen LogP contribution in [0.1, 0.15) is 27.7 Å². The number of amides is 2. The van der Waals surface area contributed by atoms with Crippen molar-refractivity contribution in [2.24, 2.45) is 5.73 Å². The average molecular weight is 198 g/mol. The second kappa shape index (κ2) is 4.26. The summed E-state index contributed by atoms with van der Waals surface area (Å²) in [6.45, 7) is 10.6. The molecule has 0 spiro atoms. The molecule has 4 heteroatoms. The number of carbonyl (C=O) groups excluding carboxylic acids is 2. The Morgan fingerprint density at radius 3 is 2.00 bits per heavy atom. The van der Waals surface area contributed by atoms with E-state index in [1.54, 1.807) is 6.92 Å². The van der Waals surface area contributed by atoms with Crippen LogP contribution in [0, 0.1) is 0 Å². The highest BCUT2D eigenvalue weighted by molar-refractivity contribution is 5.95. The predicted octanol–water partition coefficient (Wildman–Crippen LogP) is 0.675. The van der Waals surface area contributed by atoms with E-state index < -0.39 is 11.4 Å². The van der Waals surface area contributed by atoms with Crippen molar-refractivity contribution in [3.63, 3.8) is 0 Å². The van der Waals surface area contributed by atoms with Gasteiger partial charge in [0.15, 0.2) is 0 Å². The van der Waals surface area contributed by atoms with Crippen LogP contribution in [0.5, 0.6) is 0 Å². The Hall–Kier alpha value is -1.32. The fraction of sp³-hybridized carbons (Fsp3) is 0.600. The molecule has 0 saturated heterocycles. The third kappa shape index (κ3) is 3.60. The lowest BCUT2D eigenvalue weighted by Gasteiger charge is -2.34.